The number of carbonyl (C=O) groups is 1. The van der Waals surface area contributed by atoms with Gasteiger partial charge in [-0.1, -0.05) is 39.0 Å². The molecule has 2 aliphatic rings. The van der Waals surface area contributed by atoms with Crippen molar-refractivity contribution < 1.29 is 4.79 Å². The van der Waals surface area contributed by atoms with Crippen LogP contribution in [0.25, 0.3) is 10.9 Å². The predicted molar refractivity (Wildman–Crippen MR) is 121 cm³/mol. The van der Waals surface area contributed by atoms with Crippen LogP contribution in [0.4, 0.5) is 5.00 Å². The van der Waals surface area contributed by atoms with E-state index in [4.69, 9.17) is 0 Å². The maximum absolute atomic E-state index is 13.2. The molecule has 0 spiro atoms. The number of para-hydroxylation sites is 1. The Bertz CT molecular complexity index is 1130. The first-order valence-corrected chi connectivity index (χ1v) is 11.3. The standard InChI is InChI=1S/C24H29N3OS/c1-13-19(15-8-6-7-9-17(15)27(13)5)21-25-22(28)20-16-11-10-14(24(2,3)4)12-18(16)29-23(20)26-21/h6-9,14,21,26H,10-12H2,1-5H3,(H,25,28)/t14-,21-/m0/s1. The molecule has 3 aromatic rings. The number of aromatic nitrogens is 1. The molecule has 1 aliphatic carbocycles. The molecule has 3 heterocycles. The first-order valence-electron chi connectivity index (χ1n) is 10.5. The van der Waals surface area contributed by atoms with Crippen molar-refractivity contribution in [2.24, 2.45) is 18.4 Å². The summed E-state index contributed by atoms with van der Waals surface area (Å²) in [5.74, 6) is 0.747. The van der Waals surface area contributed by atoms with Gasteiger partial charge in [-0.3, -0.25) is 4.79 Å². The first kappa shape index (κ1) is 18.7. The number of aryl methyl sites for hydroxylation is 1. The Balaban J connectivity index is 1.54. The van der Waals surface area contributed by atoms with Crippen LogP contribution in [0.1, 0.15) is 65.4 Å². The van der Waals surface area contributed by atoms with Crippen molar-refractivity contribution in [2.45, 2.75) is 53.1 Å². The normalized spacial score (nSPS) is 21.5. The second-order valence-electron chi connectivity index (χ2n) is 9.64. The summed E-state index contributed by atoms with van der Waals surface area (Å²) in [7, 11) is 2.09. The maximum Gasteiger partial charge on any atom is 0.256 e. The lowest BCUT2D eigenvalue weighted by Crippen LogP contribution is -2.38. The fourth-order valence-electron chi connectivity index (χ4n) is 5.10. The topological polar surface area (TPSA) is 46.1 Å². The number of benzene rings is 1. The highest BCUT2D eigenvalue weighted by molar-refractivity contribution is 7.16. The van der Waals surface area contributed by atoms with E-state index >= 15 is 0 Å². The average Bonchev–Trinajstić information content (AvgIpc) is 3.16. The van der Waals surface area contributed by atoms with E-state index in [1.807, 2.05) is 0 Å². The molecular formula is C24H29N3OS. The lowest BCUT2D eigenvalue weighted by atomic mass is 9.72. The van der Waals surface area contributed by atoms with Crippen molar-refractivity contribution in [1.29, 1.82) is 0 Å². The van der Waals surface area contributed by atoms with Crippen molar-refractivity contribution in [2.75, 3.05) is 5.32 Å². The third-order valence-electron chi connectivity index (χ3n) is 7.01. The van der Waals surface area contributed by atoms with Gasteiger partial charge in [-0.05, 0) is 49.1 Å². The monoisotopic (exact) mass is 407 g/mol. The van der Waals surface area contributed by atoms with Crippen LogP contribution in [0, 0.1) is 18.3 Å². The number of anilines is 1. The Morgan fingerprint density at radius 3 is 2.69 bits per heavy atom. The summed E-state index contributed by atoms with van der Waals surface area (Å²) < 4.78 is 2.21. The number of fused-ring (bicyclic) bond motifs is 4. The highest BCUT2D eigenvalue weighted by Crippen LogP contribution is 2.46. The molecule has 152 valence electrons. The molecule has 2 atom stereocenters. The third kappa shape index (κ3) is 2.82. The van der Waals surface area contributed by atoms with Crippen LogP contribution >= 0.6 is 11.3 Å². The molecule has 0 saturated heterocycles. The number of hydrogen-bond donors (Lipinski definition) is 2. The molecule has 5 rings (SSSR count). The predicted octanol–water partition coefficient (Wildman–Crippen LogP) is 5.55. The van der Waals surface area contributed by atoms with Crippen LogP contribution in [0.2, 0.25) is 0 Å². The molecule has 5 heteroatoms. The van der Waals surface area contributed by atoms with Gasteiger partial charge in [0.2, 0.25) is 0 Å². The van der Waals surface area contributed by atoms with Gasteiger partial charge >= 0.3 is 0 Å². The van der Waals surface area contributed by atoms with Crippen molar-refractivity contribution >= 4 is 33.1 Å². The molecule has 4 nitrogen and oxygen atoms in total. The van der Waals surface area contributed by atoms with Crippen LogP contribution in [-0.2, 0) is 19.9 Å². The van der Waals surface area contributed by atoms with Gasteiger partial charge in [0.1, 0.15) is 11.2 Å². The van der Waals surface area contributed by atoms with Crippen molar-refractivity contribution in [1.82, 2.24) is 9.88 Å². The molecule has 1 aliphatic heterocycles. The molecule has 0 unspecified atom stereocenters. The number of thiophene rings is 1. The zero-order valence-corrected chi connectivity index (χ0v) is 18.7. The largest absolute Gasteiger partial charge is 0.353 e. The Labute approximate surface area is 176 Å². The number of hydrogen-bond acceptors (Lipinski definition) is 3. The molecule has 0 radical (unpaired) electrons. The number of nitrogens with zero attached hydrogens (tertiary/aromatic N) is 1. The Hall–Kier alpha value is -2.27. The molecule has 1 amide bonds. The molecule has 1 aromatic carbocycles. The van der Waals surface area contributed by atoms with Gasteiger partial charge in [0, 0.05) is 34.1 Å². The quantitative estimate of drug-likeness (QED) is 0.555. The van der Waals surface area contributed by atoms with Gasteiger partial charge < -0.3 is 15.2 Å². The zero-order chi connectivity index (χ0) is 20.5. The summed E-state index contributed by atoms with van der Waals surface area (Å²) in [4.78, 5) is 14.6. The van der Waals surface area contributed by atoms with Gasteiger partial charge in [0.25, 0.3) is 5.91 Å². The lowest BCUT2D eigenvalue weighted by molar-refractivity contribution is 0.0935. The zero-order valence-electron chi connectivity index (χ0n) is 17.8. The third-order valence-corrected chi connectivity index (χ3v) is 8.19. The van der Waals surface area contributed by atoms with Crippen LogP contribution in [0.3, 0.4) is 0 Å². The number of amides is 1. The Kier molecular flexibility index (Phi) is 4.11. The smallest absolute Gasteiger partial charge is 0.256 e. The SMILES string of the molecule is Cc1c([C@H]2NC(=O)c3c(sc4c3CC[C@H](C(C)(C)C)C4)N2)c2ccccc2n1C. The minimum absolute atomic E-state index is 0.0720. The van der Waals surface area contributed by atoms with E-state index < -0.39 is 0 Å². The van der Waals surface area contributed by atoms with E-state index in [-0.39, 0.29) is 12.1 Å². The summed E-state index contributed by atoms with van der Waals surface area (Å²) in [5.41, 5.74) is 6.03. The molecule has 2 aromatic heterocycles. The highest BCUT2D eigenvalue weighted by atomic mass is 32.1. The van der Waals surface area contributed by atoms with Gasteiger partial charge in [0.15, 0.2) is 0 Å². The van der Waals surface area contributed by atoms with Gasteiger partial charge in [-0.15, -0.1) is 11.3 Å². The minimum Gasteiger partial charge on any atom is -0.353 e. The number of nitrogens with one attached hydrogen (secondary N) is 2. The molecule has 0 saturated carbocycles. The fourth-order valence-corrected chi connectivity index (χ4v) is 6.45. The summed E-state index contributed by atoms with van der Waals surface area (Å²) in [6.07, 6.45) is 3.07. The van der Waals surface area contributed by atoms with Gasteiger partial charge in [-0.2, -0.15) is 0 Å². The number of rotatable bonds is 1. The van der Waals surface area contributed by atoms with E-state index in [1.54, 1.807) is 11.3 Å². The fraction of sp³-hybridized carbons (Fsp3) is 0.458. The average molecular weight is 408 g/mol. The lowest BCUT2D eigenvalue weighted by Gasteiger charge is -2.34. The summed E-state index contributed by atoms with van der Waals surface area (Å²) >= 11 is 1.80. The van der Waals surface area contributed by atoms with Gasteiger partial charge in [0.05, 0.1) is 5.56 Å². The molecule has 29 heavy (non-hydrogen) atoms. The van der Waals surface area contributed by atoms with E-state index in [9.17, 15) is 4.79 Å². The highest BCUT2D eigenvalue weighted by Gasteiger charge is 2.37. The van der Waals surface area contributed by atoms with E-state index in [1.165, 1.54) is 39.0 Å². The van der Waals surface area contributed by atoms with Crippen LogP contribution in [0.15, 0.2) is 24.3 Å². The molecular weight excluding hydrogens is 378 g/mol. The minimum atomic E-state index is -0.195. The summed E-state index contributed by atoms with van der Waals surface area (Å²) in [6.45, 7) is 9.13. The van der Waals surface area contributed by atoms with Crippen LogP contribution in [0.5, 0.6) is 0 Å². The molecule has 0 bridgehead atoms. The Morgan fingerprint density at radius 2 is 1.93 bits per heavy atom. The summed E-state index contributed by atoms with van der Waals surface area (Å²) in [6, 6.07) is 8.42. The second-order valence-corrected chi connectivity index (χ2v) is 10.7. The first-order chi connectivity index (χ1) is 13.8. The van der Waals surface area contributed by atoms with Crippen molar-refractivity contribution in [3.63, 3.8) is 0 Å². The summed E-state index contributed by atoms with van der Waals surface area (Å²) in [5, 5.41) is 9.17. The molecule has 0 fully saturated rings. The van der Waals surface area contributed by atoms with Gasteiger partial charge in [-0.25, -0.2) is 0 Å². The molecule has 2 N–H and O–H groups in total. The van der Waals surface area contributed by atoms with E-state index in [2.05, 4.69) is 74.2 Å². The maximum atomic E-state index is 13.2. The van der Waals surface area contributed by atoms with E-state index in [0.29, 0.717) is 11.3 Å². The van der Waals surface area contributed by atoms with Crippen LogP contribution in [-0.4, -0.2) is 10.5 Å². The Morgan fingerprint density at radius 1 is 1.17 bits per heavy atom. The van der Waals surface area contributed by atoms with E-state index in [0.717, 1.165) is 23.4 Å². The van der Waals surface area contributed by atoms with Crippen LogP contribution < -0.4 is 10.6 Å². The van der Waals surface area contributed by atoms with Crippen molar-refractivity contribution in [3.8, 4) is 0 Å². The van der Waals surface area contributed by atoms with Crippen molar-refractivity contribution in [3.05, 3.63) is 51.5 Å². The number of carbonyl (C=O) groups excluding carboxylic acids is 1. The second kappa shape index (κ2) is 6.36.